The molecule has 0 aliphatic carbocycles. The van der Waals surface area contributed by atoms with Crippen molar-refractivity contribution < 1.29 is 14.3 Å². The average Bonchev–Trinajstić information content (AvgIpc) is 2.34. The van der Waals surface area contributed by atoms with Crippen LogP contribution in [-0.4, -0.2) is 54.1 Å². The molecule has 0 amide bonds. The van der Waals surface area contributed by atoms with Crippen molar-refractivity contribution in [1.29, 1.82) is 0 Å². The number of carbonyl (C=O) groups is 1. The predicted octanol–water partition coefficient (Wildman–Crippen LogP) is 1.85. The molecule has 0 bridgehead atoms. The first-order valence-corrected chi connectivity index (χ1v) is 6.47. The highest BCUT2D eigenvalue weighted by Gasteiger charge is 2.31. The Labute approximate surface area is 116 Å². The van der Waals surface area contributed by atoms with Crippen LogP contribution < -0.4 is 0 Å². The molecule has 1 aliphatic rings. The summed E-state index contributed by atoms with van der Waals surface area (Å²) in [5.41, 5.74) is 0.168. The van der Waals surface area contributed by atoms with Crippen molar-refractivity contribution in [3.8, 4) is 0 Å². The van der Waals surface area contributed by atoms with Crippen LogP contribution in [0.25, 0.3) is 0 Å². The molecule has 1 N–H and O–H groups in total. The molecule has 1 saturated heterocycles. The van der Waals surface area contributed by atoms with E-state index in [9.17, 15) is 14.3 Å². The summed E-state index contributed by atoms with van der Waals surface area (Å²) in [7, 11) is 1.98. The fourth-order valence-electron chi connectivity index (χ4n) is 2.29. The van der Waals surface area contributed by atoms with Crippen molar-refractivity contribution >= 4 is 17.6 Å². The molecule has 1 unspecified atom stereocenters. The number of hydrogen-bond acceptors (Lipinski definition) is 3. The Morgan fingerprint density at radius 2 is 2.00 bits per heavy atom. The van der Waals surface area contributed by atoms with Gasteiger partial charge in [-0.2, -0.15) is 0 Å². The highest BCUT2D eigenvalue weighted by Crippen LogP contribution is 2.26. The maximum absolute atomic E-state index is 13.9. The summed E-state index contributed by atoms with van der Waals surface area (Å²) in [6.07, 6.45) is 0. The molecule has 1 atom stereocenters. The van der Waals surface area contributed by atoms with E-state index in [4.69, 9.17) is 11.6 Å². The summed E-state index contributed by atoms with van der Waals surface area (Å²) in [4.78, 5) is 15.4. The fraction of sp³-hybridized carbons (Fsp3) is 0.462. The lowest BCUT2D eigenvalue weighted by molar-refractivity contribution is -0.144. The smallest absolute Gasteiger partial charge is 0.325 e. The van der Waals surface area contributed by atoms with Crippen molar-refractivity contribution in [1.82, 2.24) is 9.80 Å². The van der Waals surface area contributed by atoms with Gasteiger partial charge in [-0.1, -0.05) is 17.7 Å². The van der Waals surface area contributed by atoms with Crippen LogP contribution in [0.5, 0.6) is 0 Å². The summed E-state index contributed by atoms with van der Waals surface area (Å²) in [5.74, 6) is -1.61. The van der Waals surface area contributed by atoms with Gasteiger partial charge in [0.25, 0.3) is 0 Å². The third kappa shape index (κ3) is 3.23. The Morgan fingerprint density at radius 1 is 1.37 bits per heavy atom. The van der Waals surface area contributed by atoms with E-state index in [1.807, 2.05) is 7.05 Å². The van der Waals surface area contributed by atoms with Crippen molar-refractivity contribution in [3.05, 3.63) is 34.6 Å². The second-order valence-corrected chi connectivity index (χ2v) is 5.18. The van der Waals surface area contributed by atoms with Crippen molar-refractivity contribution in [2.24, 2.45) is 0 Å². The summed E-state index contributed by atoms with van der Waals surface area (Å²) >= 11 is 5.70. The molecule has 4 nitrogen and oxygen atoms in total. The molecule has 0 radical (unpaired) electrons. The van der Waals surface area contributed by atoms with Crippen molar-refractivity contribution in [2.45, 2.75) is 6.04 Å². The zero-order chi connectivity index (χ0) is 14.0. The van der Waals surface area contributed by atoms with Gasteiger partial charge < -0.3 is 10.0 Å². The van der Waals surface area contributed by atoms with E-state index in [-0.39, 0.29) is 10.6 Å². The third-order valence-electron chi connectivity index (χ3n) is 3.39. The molecule has 1 fully saturated rings. The first kappa shape index (κ1) is 14.2. The molecule has 2 rings (SSSR count). The highest BCUT2D eigenvalue weighted by molar-refractivity contribution is 6.30. The van der Waals surface area contributed by atoms with Crippen LogP contribution in [0.2, 0.25) is 5.02 Å². The van der Waals surface area contributed by atoms with Crippen LogP contribution in [0.1, 0.15) is 11.6 Å². The zero-order valence-electron chi connectivity index (χ0n) is 10.6. The van der Waals surface area contributed by atoms with Gasteiger partial charge in [-0.05, 0) is 19.2 Å². The number of hydrogen-bond donors (Lipinski definition) is 1. The van der Waals surface area contributed by atoms with Gasteiger partial charge in [0.15, 0.2) is 0 Å². The molecule has 1 heterocycles. The summed E-state index contributed by atoms with van der Waals surface area (Å²) in [6.45, 7) is 2.77. The lowest BCUT2D eigenvalue weighted by Crippen LogP contribution is -2.48. The first-order valence-electron chi connectivity index (χ1n) is 6.09. The molecule has 1 aromatic carbocycles. The number of likely N-dealkylation sites (N-methyl/N-ethyl adjacent to an activating group) is 1. The van der Waals surface area contributed by atoms with Crippen LogP contribution >= 0.6 is 11.6 Å². The van der Waals surface area contributed by atoms with Crippen LogP contribution in [0.4, 0.5) is 4.39 Å². The summed E-state index contributed by atoms with van der Waals surface area (Å²) < 4.78 is 13.9. The largest absolute Gasteiger partial charge is 0.480 e. The molecule has 104 valence electrons. The monoisotopic (exact) mass is 286 g/mol. The Kier molecular flexibility index (Phi) is 4.39. The van der Waals surface area contributed by atoms with Gasteiger partial charge in [0.2, 0.25) is 0 Å². The van der Waals surface area contributed by atoms with Crippen molar-refractivity contribution in [2.75, 3.05) is 33.2 Å². The van der Waals surface area contributed by atoms with E-state index in [2.05, 4.69) is 4.90 Å². The molecule has 1 aliphatic heterocycles. The fourth-order valence-corrected chi connectivity index (χ4v) is 2.45. The van der Waals surface area contributed by atoms with Crippen LogP contribution in [0.15, 0.2) is 18.2 Å². The molecule has 0 spiro atoms. The number of carboxylic acid groups (broad SMARTS) is 1. The second kappa shape index (κ2) is 5.86. The molecule has 0 aromatic heterocycles. The van der Waals surface area contributed by atoms with Gasteiger partial charge >= 0.3 is 5.97 Å². The minimum absolute atomic E-state index is 0.168. The predicted molar refractivity (Wildman–Crippen MR) is 70.9 cm³/mol. The third-order valence-corrected chi connectivity index (χ3v) is 3.63. The maximum atomic E-state index is 13.9. The molecular weight excluding hydrogens is 271 g/mol. The number of piperazine rings is 1. The Bertz CT molecular complexity index is 476. The Morgan fingerprint density at radius 3 is 2.53 bits per heavy atom. The summed E-state index contributed by atoms with van der Waals surface area (Å²) in [5, 5.41) is 9.65. The molecule has 6 heteroatoms. The minimum atomic E-state index is -1.04. The van der Waals surface area contributed by atoms with Crippen LogP contribution in [0.3, 0.4) is 0 Å². The summed E-state index contributed by atoms with van der Waals surface area (Å²) in [6, 6.07) is 3.18. The van der Waals surface area contributed by atoms with Gasteiger partial charge in [-0.3, -0.25) is 9.69 Å². The normalized spacial score (nSPS) is 19.3. The lowest BCUT2D eigenvalue weighted by Gasteiger charge is -2.36. The first-order chi connectivity index (χ1) is 8.99. The number of nitrogens with zero attached hydrogens (tertiary/aromatic N) is 2. The van der Waals surface area contributed by atoms with E-state index in [1.165, 1.54) is 12.1 Å². The minimum Gasteiger partial charge on any atom is -0.480 e. The number of benzene rings is 1. The van der Waals surface area contributed by atoms with E-state index >= 15 is 0 Å². The van der Waals surface area contributed by atoms with Gasteiger partial charge in [0.05, 0.1) is 0 Å². The van der Waals surface area contributed by atoms with Gasteiger partial charge in [-0.15, -0.1) is 0 Å². The number of halogens is 2. The quantitative estimate of drug-likeness (QED) is 0.921. The molecule has 0 saturated carbocycles. The van der Waals surface area contributed by atoms with Crippen LogP contribution in [0, 0.1) is 5.82 Å². The molecular formula is C13H16ClFN2O2. The van der Waals surface area contributed by atoms with E-state index in [0.29, 0.717) is 13.1 Å². The lowest BCUT2D eigenvalue weighted by atomic mass is 10.0. The van der Waals surface area contributed by atoms with Crippen molar-refractivity contribution in [3.63, 3.8) is 0 Å². The van der Waals surface area contributed by atoms with E-state index < -0.39 is 17.8 Å². The maximum Gasteiger partial charge on any atom is 0.325 e. The van der Waals surface area contributed by atoms with Gasteiger partial charge in [0, 0.05) is 36.8 Å². The Balaban J connectivity index is 2.27. The van der Waals surface area contributed by atoms with E-state index in [1.54, 1.807) is 4.90 Å². The standard InChI is InChI=1S/C13H16ClFN2O2/c1-16-4-6-17(7-5-16)12(13(18)19)10-3-2-9(14)8-11(10)15/h2-3,8,12H,4-7H2,1H3,(H,18,19). The highest BCUT2D eigenvalue weighted by atomic mass is 35.5. The Hall–Kier alpha value is -1.17. The number of rotatable bonds is 3. The average molecular weight is 287 g/mol. The SMILES string of the molecule is CN1CCN(C(C(=O)O)c2ccc(Cl)cc2F)CC1. The number of aliphatic carboxylic acids is 1. The number of carboxylic acids is 1. The van der Waals surface area contributed by atoms with Crippen LogP contribution in [-0.2, 0) is 4.79 Å². The molecule has 1 aromatic rings. The van der Waals surface area contributed by atoms with Gasteiger partial charge in [-0.25, -0.2) is 4.39 Å². The topological polar surface area (TPSA) is 43.8 Å². The zero-order valence-corrected chi connectivity index (χ0v) is 11.4. The second-order valence-electron chi connectivity index (χ2n) is 4.75. The van der Waals surface area contributed by atoms with Gasteiger partial charge in [0.1, 0.15) is 11.9 Å². The molecule has 19 heavy (non-hydrogen) atoms. The van der Waals surface area contributed by atoms with E-state index in [0.717, 1.165) is 19.2 Å².